The molecule has 1 fully saturated rings. The highest BCUT2D eigenvalue weighted by atomic mass is 16.6. The maximum Gasteiger partial charge on any atom is 0.306 e. The van der Waals surface area contributed by atoms with Gasteiger partial charge >= 0.3 is 5.97 Å². The van der Waals surface area contributed by atoms with E-state index in [1.165, 1.54) is 19.3 Å². The number of hydrogen-bond donors (Lipinski definition) is 4. The van der Waals surface area contributed by atoms with Crippen molar-refractivity contribution in [2.24, 2.45) is 0 Å². The van der Waals surface area contributed by atoms with E-state index >= 15 is 0 Å². The van der Waals surface area contributed by atoms with Crippen molar-refractivity contribution in [3.8, 4) is 0 Å². The van der Waals surface area contributed by atoms with Crippen molar-refractivity contribution in [2.45, 2.75) is 148 Å². The average Bonchev–Trinajstić information content (AvgIpc) is 2.88. The zero-order valence-corrected chi connectivity index (χ0v) is 24.6. The number of rotatable bonds is 17. The fourth-order valence-electron chi connectivity index (χ4n) is 4.16. The largest absolute Gasteiger partial charge is 0.460 e. The summed E-state index contributed by atoms with van der Waals surface area (Å²) in [5.74, 6) is -0.296. The van der Waals surface area contributed by atoms with Crippen LogP contribution in [0.3, 0.4) is 0 Å². The molecule has 5 atom stereocenters. The third-order valence-corrected chi connectivity index (χ3v) is 6.32. The molecule has 1 aliphatic heterocycles. The van der Waals surface area contributed by atoms with Gasteiger partial charge in [0.05, 0.1) is 12.7 Å². The van der Waals surface area contributed by atoms with Gasteiger partial charge in [-0.05, 0) is 46.0 Å². The summed E-state index contributed by atoms with van der Waals surface area (Å²) < 4.78 is 11.0. The molecule has 7 nitrogen and oxygen atoms in total. The molecule has 0 amide bonds. The Morgan fingerprint density at radius 1 is 0.763 bits per heavy atom. The first-order valence-electron chi connectivity index (χ1n) is 14.6. The van der Waals surface area contributed by atoms with Crippen molar-refractivity contribution in [3.63, 3.8) is 0 Å². The van der Waals surface area contributed by atoms with Crippen LogP contribution in [0.25, 0.3) is 0 Å². The number of aliphatic hydroxyl groups excluding tert-OH is 4. The van der Waals surface area contributed by atoms with Crippen LogP contribution in [0.5, 0.6) is 0 Å². The van der Waals surface area contributed by atoms with Crippen LogP contribution in [0.1, 0.15) is 112 Å². The lowest BCUT2D eigenvalue weighted by atomic mass is 9.89. The predicted molar refractivity (Wildman–Crippen MR) is 154 cm³/mol. The van der Waals surface area contributed by atoms with Gasteiger partial charge in [0.1, 0.15) is 30.0 Å². The lowest BCUT2D eigenvalue weighted by Gasteiger charge is -2.42. The Kier molecular flexibility index (Phi) is 21.4. The van der Waals surface area contributed by atoms with Crippen LogP contribution in [0.15, 0.2) is 36.5 Å². The second-order valence-electron chi connectivity index (χ2n) is 10.5. The Bertz CT molecular complexity index is 651. The highest BCUT2D eigenvalue weighted by Gasteiger charge is 2.45. The molecule has 4 N–H and O–H groups in total. The van der Waals surface area contributed by atoms with Crippen LogP contribution in [-0.4, -0.2) is 69.1 Å². The number of esters is 1. The van der Waals surface area contributed by atoms with E-state index in [0.29, 0.717) is 6.42 Å². The van der Waals surface area contributed by atoms with Crippen molar-refractivity contribution in [1.82, 2.24) is 0 Å². The van der Waals surface area contributed by atoms with Gasteiger partial charge in [-0.25, -0.2) is 0 Å². The number of allylic oxidation sites excluding steroid dienone is 6. The maximum atomic E-state index is 12.1. The quantitative estimate of drug-likeness (QED) is 0.109. The van der Waals surface area contributed by atoms with E-state index in [1.807, 2.05) is 0 Å². The van der Waals surface area contributed by atoms with Crippen LogP contribution in [-0.2, 0) is 14.3 Å². The van der Waals surface area contributed by atoms with Crippen LogP contribution < -0.4 is 0 Å². The molecule has 0 saturated carbocycles. The Hall–Kier alpha value is -1.51. The molecule has 7 heteroatoms. The molecule has 0 radical (unpaired) electrons. The van der Waals surface area contributed by atoms with E-state index in [1.54, 1.807) is 13.8 Å². The number of aliphatic hydroxyl groups is 4. The lowest BCUT2D eigenvalue weighted by molar-refractivity contribution is -0.239. The minimum atomic E-state index is -1.42. The van der Waals surface area contributed by atoms with E-state index in [9.17, 15) is 25.2 Å². The first-order valence-corrected chi connectivity index (χ1v) is 14.6. The summed E-state index contributed by atoms with van der Waals surface area (Å²) in [7, 11) is 0. The standard InChI is InChI=1S/C19H36O7.C12H20/c1-4-5-6-7-8-9-10-15(21)26-19(2,3)11-13-16(22)18(24)17(23)14(12-20)25-13;1-3-5-7-9-11-12-10-8-6-4-2/h13-14,16-18,20,22-24H,4-12H2,1-3H3;5-8,11-12H,3-4,9-10H2,1-2H3/b;7-5-,8-6-,12-11-/t13-,14+,16-,17-,18+;/m0./s1. The number of carbonyl (C=O) groups excluding carboxylic acids is 1. The highest BCUT2D eigenvalue weighted by molar-refractivity contribution is 5.69. The molecule has 1 rings (SSSR count). The van der Waals surface area contributed by atoms with Crippen LogP contribution in [0.4, 0.5) is 0 Å². The second kappa shape index (κ2) is 22.3. The molecule has 1 saturated heterocycles. The van der Waals surface area contributed by atoms with Gasteiger partial charge in [-0.2, -0.15) is 0 Å². The number of carbonyl (C=O) groups is 1. The molecule has 0 unspecified atom stereocenters. The Morgan fingerprint density at radius 2 is 1.26 bits per heavy atom. The topological polar surface area (TPSA) is 116 Å². The number of unbranched alkanes of at least 4 members (excludes halogenated alkanes) is 5. The van der Waals surface area contributed by atoms with Crippen molar-refractivity contribution < 1.29 is 34.7 Å². The molecule has 38 heavy (non-hydrogen) atoms. The van der Waals surface area contributed by atoms with Crippen LogP contribution in [0.2, 0.25) is 0 Å². The van der Waals surface area contributed by atoms with E-state index in [2.05, 4.69) is 57.2 Å². The van der Waals surface area contributed by atoms with E-state index in [0.717, 1.165) is 44.9 Å². The van der Waals surface area contributed by atoms with Gasteiger partial charge in [0.15, 0.2) is 0 Å². The van der Waals surface area contributed by atoms with Crippen LogP contribution in [0, 0.1) is 0 Å². The maximum absolute atomic E-state index is 12.1. The third kappa shape index (κ3) is 17.2. The summed E-state index contributed by atoms with van der Waals surface area (Å²) in [5.41, 5.74) is -0.896. The third-order valence-electron chi connectivity index (χ3n) is 6.32. The minimum Gasteiger partial charge on any atom is -0.460 e. The van der Waals surface area contributed by atoms with Gasteiger partial charge in [0, 0.05) is 12.8 Å². The Labute approximate surface area is 231 Å². The Morgan fingerprint density at radius 3 is 1.79 bits per heavy atom. The molecule has 0 aromatic carbocycles. The molecule has 0 spiro atoms. The molecule has 1 aliphatic rings. The molecule has 222 valence electrons. The molecule has 1 heterocycles. The molecule has 0 aromatic rings. The van der Waals surface area contributed by atoms with Gasteiger partial charge in [-0.15, -0.1) is 0 Å². The number of ether oxygens (including phenoxy) is 2. The monoisotopic (exact) mass is 540 g/mol. The highest BCUT2D eigenvalue weighted by Crippen LogP contribution is 2.29. The predicted octanol–water partition coefficient (Wildman–Crippen LogP) is 5.55. The SMILES string of the molecule is CC/C=C\C/C=C\C/C=C\CC.CCCCCCCCC(=O)OC(C)(C)C[C@@H]1O[C@H](CO)[C@H](O)[C@H](O)[C@H]1O. The van der Waals surface area contributed by atoms with E-state index in [4.69, 9.17) is 9.47 Å². The lowest BCUT2D eigenvalue weighted by Crippen LogP contribution is -2.59. The molecular formula is C31H56O7. The number of hydrogen-bond acceptors (Lipinski definition) is 7. The smallest absolute Gasteiger partial charge is 0.306 e. The first kappa shape index (κ1) is 36.5. The van der Waals surface area contributed by atoms with Crippen molar-refractivity contribution in [2.75, 3.05) is 6.61 Å². The summed E-state index contributed by atoms with van der Waals surface area (Å²) >= 11 is 0. The van der Waals surface area contributed by atoms with Gasteiger partial charge in [0.25, 0.3) is 0 Å². The van der Waals surface area contributed by atoms with Gasteiger partial charge in [0.2, 0.25) is 0 Å². The van der Waals surface area contributed by atoms with Gasteiger partial charge < -0.3 is 29.9 Å². The zero-order chi connectivity index (χ0) is 28.8. The zero-order valence-electron chi connectivity index (χ0n) is 24.6. The van der Waals surface area contributed by atoms with E-state index < -0.39 is 42.7 Å². The summed E-state index contributed by atoms with van der Waals surface area (Å²) in [6.45, 7) is 9.43. The second-order valence-corrected chi connectivity index (χ2v) is 10.5. The van der Waals surface area contributed by atoms with Crippen molar-refractivity contribution in [1.29, 1.82) is 0 Å². The Balaban J connectivity index is 0.000000958. The van der Waals surface area contributed by atoms with Crippen molar-refractivity contribution in [3.05, 3.63) is 36.5 Å². The molecule has 0 aromatic heterocycles. The summed E-state index contributed by atoms with van der Waals surface area (Å²) in [6, 6.07) is 0. The summed E-state index contributed by atoms with van der Waals surface area (Å²) in [5, 5.41) is 39.0. The van der Waals surface area contributed by atoms with Gasteiger partial charge in [-0.1, -0.05) is 89.3 Å². The minimum absolute atomic E-state index is 0.149. The first-order chi connectivity index (χ1) is 18.1. The van der Waals surface area contributed by atoms with Crippen molar-refractivity contribution >= 4 is 5.97 Å². The fraction of sp³-hybridized carbons (Fsp3) is 0.774. The molecular weight excluding hydrogens is 484 g/mol. The normalized spacial score (nSPS) is 24.2. The van der Waals surface area contributed by atoms with Crippen LogP contribution >= 0.6 is 0 Å². The van der Waals surface area contributed by atoms with E-state index in [-0.39, 0.29) is 12.4 Å². The average molecular weight is 541 g/mol. The summed E-state index contributed by atoms with van der Waals surface area (Å²) in [6.07, 6.45) is 18.8. The molecule has 0 bridgehead atoms. The summed E-state index contributed by atoms with van der Waals surface area (Å²) in [4.78, 5) is 12.1. The fourth-order valence-corrected chi connectivity index (χ4v) is 4.16. The van der Waals surface area contributed by atoms with Gasteiger partial charge in [-0.3, -0.25) is 4.79 Å². The molecule has 0 aliphatic carbocycles.